The number of aliphatic hydroxyl groups excluding tert-OH is 1. The first-order valence-corrected chi connectivity index (χ1v) is 9.36. The van der Waals surface area contributed by atoms with E-state index in [4.69, 9.17) is 0 Å². The first-order chi connectivity index (χ1) is 14.1. The molecule has 0 saturated carbocycles. The Morgan fingerprint density at radius 2 is 1.43 bits per heavy atom. The summed E-state index contributed by atoms with van der Waals surface area (Å²) in [6, 6.07) is 26.2. The number of carbonyl (C=O) groups excluding carboxylic acids is 2. The fraction of sp³-hybridized carbons (Fsp3) is 0.0833. The second-order valence-corrected chi connectivity index (χ2v) is 6.86. The Balaban J connectivity index is 0.00000256. The summed E-state index contributed by atoms with van der Waals surface area (Å²) in [6.07, 6.45) is 0.172. The molecule has 30 heavy (non-hydrogen) atoms. The number of benzene rings is 3. The second kappa shape index (κ2) is 9.60. The molecule has 5 nitrogen and oxygen atoms in total. The molecule has 1 aliphatic rings. The average molecular weight is 409 g/mol. The summed E-state index contributed by atoms with van der Waals surface area (Å²) in [5.41, 5.74) is 3.27. The number of rotatable bonds is 4. The molecule has 0 fully saturated rings. The van der Waals surface area contributed by atoms with E-state index in [0.717, 1.165) is 16.7 Å². The molecular weight excluding hydrogens is 389 g/mol. The van der Waals surface area contributed by atoms with Crippen LogP contribution < -0.4 is 10.6 Å². The minimum atomic E-state index is -0.626. The molecule has 146 valence electrons. The molecule has 1 atom stereocenters. The number of anilines is 1. The summed E-state index contributed by atoms with van der Waals surface area (Å²) in [7, 11) is 0. The van der Waals surface area contributed by atoms with Crippen molar-refractivity contribution in [2.75, 3.05) is 5.32 Å². The van der Waals surface area contributed by atoms with Crippen LogP contribution in [0.25, 0.3) is 11.1 Å². The van der Waals surface area contributed by atoms with Crippen LogP contribution in [0.4, 0.5) is 5.69 Å². The van der Waals surface area contributed by atoms with Gasteiger partial charge in [-0.1, -0.05) is 72.8 Å². The summed E-state index contributed by atoms with van der Waals surface area (Å²) in [5.74, 6) is -1.42. The molecule has 2 amide bonds. The zero-order valence-corrected chi connectivity index (χ0v) is 17.8. The average Bonchev–Trinajstić information content (AvgIpc) is 2.75. The van der Waals surface area contributed by atoms with E-state index in [2.05, 4.69) is 10.6 Å². The Labute approximate surface area is 191 Å². The van der Waals surface area contributed by atoms with Crippen molar-refractivity contribution >= 4 is 40.6 Å². The van der Waals surface area contributed by atoms with Crippen LogP contribution in [0.1, 0.15) is 18.0 Å². The van der Waals surface area contributed by atoms with E-state index in [-0.39, 0.29) is 46.8 Å². The maximum Gasteiger partial charge on any atom is 0.264 e. The molecule has 0 spiro atoms. The Bertz CT molecular complexity index is 1060. The Kier molecular flexibility index (Phi) is 6.92. The van der Waals surface area contributed by atoms with Crippen LogP contribution in [0.15, 0.2) is 96.3 Å². The van der Waals surface area contributed by atoms with Crippen LogP contribution in [0.2, 0.25) is 0 Å². The third-order valence-corrected chi connectivity index (χ3v) is 4.90. The topological polar surface area (TPSA) is 78.4 Å². The largest absolute Gasteiger partial charge is 0.511 e. The quantitative estimate of drug-likeness (QED) is 0.451. The van der Waals surface area contributed by atoms with Crippen LogP contribution in [0, 0.1) is 0 Å². The van der Waals surface area contributed by atoms with Crippen LogP contribution in [0.3, 0.4) is 0 Å². The van der Waals surface area contributed by atoms with Crippen molar-refractivity contribution in [3.8, 4) is 11.1 Å². The lowest BCUT2D eigenvalue weighted by Gasteiger charge is -2.25. The summed E-state index contributed by atoms with van der Waals surface area (Å²) in [5, 5.41) is 15.9. The standard InChI is InChI=1S/C24H20N2O3.Mg/c27-21-15-20(18-9-5-2-6-10-18)26-24(29)22(21)23(28)25-19-13-11-17(12-14-19)16-7-3-1-4-8-16;/h1-14,20,27H,15H2,(H,25,28)(H,26,29);. The van der Waals surface area contributed by atoms with Gasteiger partial charge < -0.3 is 15.7 Å². The molecule has 3 aromatic carbocycles. The lowest BCUT2D eigenvalue weighted by atomic mass is 9.96. The van der Waals surface area contributed by atoms with E-state index < -0.39 is 11.8 Å². The van der Waals surface area contributed by atoms with Gasteiger partial charge in [0.1, 0.15) is 11.3 Å². The zero-order valence-electron chi connectivity index (χ0n) is 16.3. The third-order valence-electron chi connectivity index (χ3n) is 4.90. The van der Waals surface area contributed by atoms with E-state index in [1.807, 2.05) is 72.8 Å². The molecule has 4 rings (SSSR count). The smallest absolute Gasteiger partial charge is 0.264 e. The van der Waals surface area contributed by atoms with E-state index >= 15 is 0 Å². The number of amides is 2. The molecule has 0 aromatic heterocycles. The second-order valence-electron chi connectivity index (χ2n) is 6.86. The van der Waals surface area contributed by atoms with Crippen molar-refractivity contribution in [2.45, 2.75) is 12.5 Å². The molecule has 0 aliphatic carbocycles. The zero-order chi connectivity index (χ0) is 20.2. The molecule has 1 aliphatic heterocycles. The minimum absolute atomic E-state index is 0. The fourth-order valence-electron chi connectivity index (χ4n) is 3.40. The lowest BCUT2D eigenvalue weighted by molar-refractivity contribution is -0.123. The van der Waals surface area contributed by atoms with Gasteiger partial charge in [0, 0.05) is 35.2 Å². The van der Waals surface area contributed by atoms with Gasteiger partial charge >= 0.3 is 0 Å². The van der Waals surface area contributed by atoms with Gasteiger partial charge in [0.15, 0.2) is 0 Å². The summed E-state index contributed by atoms with van der Waals surface area (Å²) >= 11 is 0. The van der Waals surface area contributed by atoms with Gasteiger partial charge in [-0.25, -0.2) is 0 Å². The normalized spacial score (nSPS) is 15.7. The highest BCUT2D eigenvalue weighted by Crippen LogP contribution is 2.27. The summed E-state index contributed by atoms with van der Waals surface area (Å²) in [6.45, 7) is 0. The Morgan fingerprint density at radius 3 is 2.03 bits per heavy atom. The van der Waals surface area contributed by atoms with Crippen molar-refractivity contribution in [1.29, 1.82) is 0 Å². The molecule has 6 heteroatoms. The van der Waals surface area contributed by atoms with Gasteiger partial charge in [-0.3, -0.25) is 9.59 Å². The van der Waals surface area contributed by atoms with Crippen LogP contribution in [-0.2, 0) is 9.59 Å². The maximum atomic E-state index is 12.6. The fourth-order valence-corrected chi connectivity index (χ4v) is 3.40. The molecule has 0 bridgehead atoms. The molecule has 2 radical (unpaired) electrons. The molecular formula is C24H20MgN2O3. The van der Waals surface area contributed by atoms with Gasteiger partial charge in [0.05, 0.1) is 6.04 Å². The molecule has 1 heterocycles. The van der Waals surface area contributed by atoms with Crippen LogP contribution in [-0.4, -0.2) is 40.0 Å². The molecule has 3 aromatic rings. The number of hydrogen-bond donors (Lipinski definition) is 3. The number of carbonyl (C=O) groups is 2. The van der Waals surface area contributed by atoms with Gasteiger partial charge in [-0.15, -0.1) is 0 Å². The van der Waals surface area contributed by atoms with Gasteiger partial charge in [0.2, 0.25) is 0 Å². The maximum absolute atomic E-state index is 12.6. The summed E-state index contributed by atoms with van der Waals surface area (Å²) < 4.78 is 0. The van der Waals surface area contributed by atoms with Crippen LogP contribution >= 0.6 is 0 Å². The monoisotopic (exact) mass is 408 g/mol. The third kappa shape index (κ3) is 4.72. The highest BCUT2D eigenvalue weighted by Gasteiger charge is 2.32. The molecule has 1 unspecified atom stereocenters. The summed E-state index contributed by atoms with van der Waals surface area (Å²) in [4.78, 5) is 25.1. The number of aliphatic hydroxyl groups is 1. The van der Waals surface area contributed by atoms with E-state index in [9.17, 15) is 14.7 Å². The van der Waals surface area contributed by atoms with Crippen molar-refractivity contribution in [3.05, 3.63) is 102 Å². The van der Waals surface area contributed by atoms with Gasteiger partial charge in [-0.2, -0.15) is 0 Å². The van der Waals surface area contributed by atoms with Crippen molar-refractivity contribution < 1.29 is 14.7 Å². The molecule has 0 saturated heterocycles. The Hall–Kier alpha value is -3.09. The van der Waals surface area contributed by atoms with Gasteiger partial charge in [-0.05, 0) is 28.8 Å². The van der Waals surface area contributed by atoms with E-state index in [1.165, 1.54) is 0 Å². The number of nitrogens with one attached hydrogen (secondary N) is 2. The predicted molar refractivity (Wildman–Crippen MR) is 118 cm³/mol. The first-order valence-electron chi connectivity index (χ1n) is 9.36. The van der Waals surface area contributed by atoms with Crippen LogP contribution in [0.5, 0.6) is 0 Å². The minimum Gasteiger partial charge on any atom is -0.511 e. The van der Waals surface area contributed by atoms with Gasteiger partial charge in [0.25, 0.3) is 11.8 Å². The van der Waals surface area contributed by atoms with E-state index in [1.54, 1.807) is 12.1 Å². The lowest BCUT2D eigenvalue weighted by Crippen LogP contribution is -2.39. The highest BCUT2D eigenvalue weighted by molar-refractivity contribution is 6.23. The highest BCUT2D eigenvalue weighted by atomic mass is 24.3. The SMILES string of the molecule is O=C(Nc1ccc(-c2ccccc2)cc1)C1=C(O)CC(c2ccccc2)NC1=O.[Mg]. The first kappa shape index (κ1) is 21.6. The number of hydrogen-bond acceptors (Lipinski definition) is 3. The molecule has 3 N–H and O–H groups in total. The Morgan fingerprint density at radius 1 is 0.867 bits per heavy atom. The van der Waals surface area contributed by atoms with Crippen molar-refractivity contribution in [2.24, 2.45) is 0 Å². The van der Waals surface area contributed by atoms with E-state index in [0.29, 0.717) is 5.69 Å². The van der Waals surface area contributed by atoms with Crippen molar-refractivity contribution in [1.82, 2.24) is 5.32 Å². The predicted octanol–water partition coefficient (Wildman–Crippen LogP) is 3.98. The van der Waals surface area contributed by atoms with Crippen molar-refractivity contribution in [3.63, 3.8) is 0 Å².